The van der Waals surface area contributed by atoms with Gasteiger partial charge in [-0.05, 0) is 81.7 Å². The minimum absolute atomic E-state index is 0.0470. The maximum absolute atomic E-state index is 14.6. The van der Waals surface area contributed by atoms with Crippen molar-refractivity contribution >= 4 is 40.6 Å². The number of fused-ring (bicyclic) bond motifs is 1. The van der Waals surface area contributed by atoms with Crippen LogP contribution >= 0.6 is 0 Å². The van der Waals surface area contributed by atoms with E-state index < -0.39 is 23.2 Å². The molecule has 3 N–H and O–H groups in total. The van der Waals surface area contributed by atoms with E-state index in [1.807, 2.05) is 94.4 Å². The number of nitrogens with zero attached hydrogens (tertiary/aromatic N) is 3. The average Bonchev–Trinajstić information content (AvgIpc) is 3.18. The maximum Gasteiger partial charge on any atom is 0.407 e. The molecule has 0 spiro atoms. The molecule has 12 nitrogen and oxygen atoms in total. The van der Waals surface area contributed by atoms with Crippen molar-refractivity contribution in [1.29, 1.82) is 0 Å². The van der Waals surface area contributed by atoms with Crippen LogP contribution in [0.25, 0.3) is 10.8 Å². The first-order valence-corrected chi connectivity index (χ1v) is 20.2. The Kier molecular flexibility index (Phi) is 14.7. The number of amides is 6. The second kappa shape index (κ2) is 19.6. The summed E-state index contributed by atoms with van der Waals surface area (Å²) in [4.78, 5) is 72.3. The molecule has 0 aromatic heterocycles. The Bertz CT molecular complexity index is 1800. The van der Waals surface area contributed by atoms with E-state index in [9.17, 15) is 24.0 Å². The SMILES string of the molecule is CCNC(=O)[C@]1(Cc2ccccc2)CCCN(C(=O)[C@@H](Cc2ccc3ccccc3c2)NC(=O)N2CCN(C(=O)CCCCCNC(=O)OC(C)(C)C)CC2)C1. The molecule has 0 bridgehead atoms. The van der Waals surface area contributed by atoms with Crippen LogP contribution in [0.4, 0.5) is 9.59 Å². The van der Waals surface area contributed by atoms with Crippen molar-refractivity contribution in [3.63, 3.8) is 0 Å². The number of nitrogens with one attached hydrogen (secondary N) is 3. The average molecular weight is 769 g/mol. The fraction of sp³-hybridized carbons (Fsp3) is 0.523. The molecule has 302 valence electrons. The lowest BCUT2D eigenvalue weighted by Crippen LogP contribution is -2.60. The van der Waals surface area contributed by atoms with Gasteiger partial charge in [-0.2, -0.15) is 0 Å². The van der Waals surface area contributed by atoms with Gasteiger partial charge in [0.15, 0.2) is 0 Å². The van der Waals surface area contributed by atoms with Crippen LogP contribution in [0.2, 0.25) is 0 Å². The van der Waals surface area contributed by atoms with Gasteiger partial charge in [-0.25, -0.2) is 9.59 Å². The van der Waals surface area contributed by atoms with E-state index in [1.54, 1.807) is 14.7 Å². The number of piperazine rings is 1. The van der Waals surface area contributed by atoms with Crippen LogP contribution in [0.3, 0.4) is 0 Å². The molecule has 2 atom stereocenters. The lowest BCUT2D eigenvalue weighted by atomic mass is 9.74. The summed E-state index contributed by atoms with van der Waals surface area (Å²) in [6, 6.07) is 22.9. The van der Waals surface area contributed by atoms with Gasteiger partial charge in [-0.15, -0.1) is 0 Å². The molecule has 56 heavy (non-hydrogen) atoms. The number of alkyl carbamates (subject to hydrolysis) is 1. The highest BCUT2D eigenvalue weighted by Crippen LogP contribution is 2.35. The normalized spacial score (nSPS) is 17.9. The molecule has 3 aromatic carbocycles. The number of benzene rings is 3. The highest BCUT2D eigenvalue weighted by Gasteiger charge is 2.44. The van der Waals surface area contributed by atoms with Crippen molar-refractivity contribution in [3.8, 4) is 0 Å². The molecule has 2 saturated heterocycles. The van der Waals surface area contributed by atoms with Crippen LogP contribution in [-0.2, 0) is 32.0 Å². The third-order valence-electron chi connectivity index (χ3n) is 10.6. The van der Waals surface area contributed by atoms with Gasteiger partial charge in [0.25, 0.3) is 0 Å². The Labute approximate surface area is 331 Å². The molecule has 0 radical (unpaired) electrons. The molecule has 5 rings (SSSR count). The Balaban J connectivity index is 1.21. The number of piperidine rings is 1. The zero-order chi connectivity index (χ0) is 40.1. The number of urea groups is 1. The third kappa shape index (κ3) is 11.9. The van der Waals surface area contributed by atoms with E-state index in [0.29, 0.717) is 84.3 Å². The quantitative estimate of drug-likeness (QED) is 0.181. The van der Waals surface area contributed by atoms with E-state index in [0.717, 1.165) is 34.7 Å². The Morgan fingerprint density at radius 3 is 2.18 bits per heavy atom. The number of hydrogen-bond donors (Lipinski definition) is 3. The van der Waals surface area contributed by atoms with Crippen molar-refractivity contribution in [3.05, 3.63) is 83.9 Å². The predicted octanol–water partition coefficient (Wildman–Crippen LogP) is 5.68. The second-order valence-corrected chi connectivity index (χ2v) is 16.2. The van der Waals surface area contributed by atoms with Crippen molar-refractivity contribution in [2.45, 2.75) is 90.7 Å². The number of hydrogen-bond acceptors (Lipinski definition) is 6. The van der Waals surface area contributed by atoms with Crippen LogP contribution in [-0.4, -0.2) is 109 Å². The van der Waals surface area contributed by atoms with E-state index >= 15 is 0 Å². The standard InChI is InChI=1S/C44H60N6O6/c1-5-45-40(53)44(31-33-15-8-6-9-16-33)22-14-24-50(32-44)39(52)37(30-34-20-21-35-17-11-12-18-36(35)29-34)47-41(54)49-27-25-48(26-28-49)38(51)19-10-7-13-23-46-42(55)56-43(2,3)4/h6,8-9,11-12,15-18,20-21,29,37H,5,7,10,13-14,19,22-28,30-32H2,1-4H3,(H,45,53)(H,46,55)(H,47,54)/t37-,44+/m1/s1. The van der Waals surface area contributed by atoms with Gasteiger partial charge in [0.2, 0.25) is 17.7 Å². The molecule has 6 amide bonds. The minimum Gasteiger partial charge on any atom is -0.444 e. The maximum atomic E-state index is 14.6. The van der Waals surface area contributed by atoms with E-state index in [4.69, 9.17) is 4.74 Å². The van der Waals surface area contributed by atoms with Crippen LogP contribution < -0.4 is 16.0 Å². The Morgan fingerprint density at radius 2 is 1.46 bits per heavy atom. The van der Waals surface area contributed by atoms with Crippen LogP contribution in [0.15, 0.2) is 72.8 Å². The van der Waals surface area contributed by atoms with Gasteiger partial charge in [-0.1, -0.05) is 79.2 Å². The molecule has 12 heteroatoms. The molecule has 2 aliphatic heterocycles. The number of carbonyl (C=O) groups excluding carboxylic acids is 5. The summed E-state index contributed by atoms with van der Waals surface area (Å²) in [6.45, 7) is 10.6. The monoisotopic (exact) mass is 768 g/mol. The highest BCUT2D eigenvalue weighted by atomic mass is 16.6. The molecule has 2 heterocycles. The fourth-order valence-electron chi connectivity index (χ4n) is 7.73. The Hall–Kier alpha value is -5.13. The van der Waals surface area contributed by atoms with Crippen LogP contribution in [0.5, 0.6) is 0 Å². The largest absolute Gasteiger partial charge is 0.444 e. The third-order valence-corrected chi connectivity index (χ3v) is 10.6. The number of ether oxygens (including phenoxy) is 1. The number of rotatable bonds is 14. The van der Waals surface area contributed by atoms with E-state index in [-0.39, 0.29) is 30.3 Å². The van der Waals surface area contributed by atoms with Gasteiger partial charge in [0, 0.05) is 65.2 Å². The summed E-state index contributed by atoms with van der Waals surface area (Å²) in [5, 5.41) is 11.0. The summed E-state index contributed by atoms with van der Waals surface area (Å²) in [6.07, 6.45) is 4.35. The van der Waals surface area contributed by atoms with Gasteiger partial charge in [-0.3, -0.25) is 14.4 Å². The van der Waals surface area contributed by atoms with Crippen molar-refractivity contribution in [2.24, 2.45) is 5.41 Å². The van der Waals surface area contributed by atoms with Gasteiger partial charge < -0.3 is 35.4 Å². The van der Waals surface area contributed by atoms with Crippen molar-refractivity contribution in [2.75, 3.05) is 52.4 Å². The predicted molar refractivity (Wildman–Crippen MR) is 218 cm³/mol. The first kappa shape index (κ1) is 42.0. The first-order valence-electron chi connectivity index (χ1n) is 20.2. The number of unbranched alkanes of at least 4 members (excludes halogenated alkanes) is 2. The lowest BCUT2D eigenvalue weighted by molar-refractivity contribution is -0.142. The lowest BCUT2D eigenvalue weighted by Gasteiger charge is -2.43. The summed E-state index contributed by atoms with van der Waals surface area (Å²) in [7, 11) is 0. The van der Waals surface area contributed by atoms with Gasteiger partial charge in [0.1, 0.15) is 11.6 Å². The summed E-state index contributed by atoms with van der Waals surface area (Å²) in [5.74, 6) is -0.215. The Morgan fingerprint density at radius 1 is 0.768 bits per heavy atom. The van der Waals surface area contributed by atoms with Gasteiger partial charge in [0.05, 0.1) is 5.41 Å². The molecule has 0 unspecified atom stereocenters. The second-order valence-electron chi connectivity index (χ2n) is 16.2. The topological polar surface area (TPSA) is 140 Å². The van der Waals surface area contributed by atoms with Crippen LogP contribution in [0, 0.1) is 5.41 Å². The zero-order valence-electron chi connectivity index (χ0n) is 33.6. The fourth-order valence-corrected chi connectivity index (χ4v) is 7.73. The summed E-state index contributed by atoms with van der Waals surface area (Å²) < 4.78 is 5.25. The van der Waals surface area contributed by atoms with E-state index in [2.05, 4.69) is 22.0 Å². The summed E-state index contributed by atoms with van der Waals surface area (Å²) >= 11 is 0. The molecule has 3 aromatic rings. The molecule has 0 aliphatic carbocycles. The minimum atomic E-state index is -0.852. The highest BCUT2D eigenvalue weighted by molar-refractivity contribution is 5.90. The molecular weight excluding hydrogens is 709 g/mol. The number of likely N-dealkylation sites (tertiary alicyclic amines) is 1. The van der Waals surface area contributed by atoms with E-state index in [1.165, 1.54) is 0 Å². The smallest absolute Gasteiger partial charge is 0.407 e. The molecule has 0 saturated carbocycles. The molecular formula is C44H60N6O6. The molecule has 2 fully saturated rings. The van der Waals surface area contributed by atoms with Crippen molar-refractivity contribution in [1.82, 2.24) is 30.7 Å². The van der Waals surface area contributed by atoms with Crippen LogP contribution in [0.1, 0.15) is 77.3 Å². The first-order chi connectivity index (χ1) is 26.9. The zero-order valence-corrected chi connectivity index (χ0v) is 33.6. The van der Waals surface area contributed by atoms with Gasteiger partial charge >= 0.3 is 12.1 Å². The summed E-state index contributed by atoms with van der Waals surface area (Å²) in [5.41, 5.74) is 0.632. The molecule has 2 aliphatic rings. The van der Waals surface area contributed by atoms with Crippen molar-refractivity contribution < 1.29 is 28.7 Å². The number of carbonyl (C=O) groups is 5.